The average molecular weight is 208 g/mol. The first-order chi connectivity index (χ1) is 7.33. The Bertz CT molecular complexity index is 254. The van der Waals surface area contributed by atoms with Crippen molar-refractivity contribution in [2.75, 3.05) is 26.2 Å². The first-order valence-corrected chi connectivity index (χ1v) is 6.33. The van der Waals surface area contributed by atoms with Crippen LogP contribution < -0.4 is 0 Å². The number of carbonyl (C=O) groups excluding carboxylic acids is 1. The molecule has 1 saturated heterocycles. The summed E-state index contributed by atoms with van der Waals surface area (Å²) in [4.78, 5) is 16.4. The summed E-state index contributed by atoms with van der Waals surface area (Å²) >= 11 is 0. The summed E-state index contributed by atoms with van der Waals surface area (Å²) in [5.41, 5.74) is 0. The average Bonchev–Trinajstić information content (AvgIpc) is 3.02. The minimum atomic E-state index is 0.477. The van der Waals surface area contributed by atoms with Crippen molar-refractivity contribution in [3.05, 3.63) is 0 Å². The van der Waals surface area contributed by atoms with Gasteiger partial charge in [0.2, 0.25) is 0 Å². The minimum Gasteiger partial charge on any atom is -0.300 e. The molecule has 2 aliphatic carbocycles. The van der Waals surface area contributed by atoms with Crippen LogP contribution in [0.25, 0.3) is 0 Å². The molecular weight excluding hydrogens is 188 g/mol. The van der Waals surface area contributed by atoms with Crippen LogP contribution in [0, 0.1) is 0 Å². The number of nitrogens with zero attached hydrogens (tertiary/aromatic N) is 2. The largest absolute Gasteiger partial charge is 0.300 e. The van der Waals surface area contributed by atoms with Crippen molar-refractivity contribution >= 4 is 5.78 Å². The molecule has 0 aromatic rings. The van der Waals surface area contributed by atoms with E-state index in [1.165, 1.54) is 39.0 Å². The van der Waals surface area contributed by atoms with Crippen molar-refractivity contribution in [2.24, 2.45) is 0 Å². The molecule has 0 aromatic carbocycles. The smallest absolute Gasteiger partial charge is 0.134 e. The van der Waals surface area contributed by atoms with E-state index in [4.69, 9.17) is 0 Å². The normalized spacial score (nSPS) is 34.9. The van der Waals surface area contributed by atoms with E-state index in [1.807, 2.05) is 0 Å². The van der Waals surface area contributed by atoms with Crippen LogP contribution in [0.3, 0.4) is 0 Å². The van der Waals surface area contributed by atoms with E-state index in [2.05, 4.69) is 9.80 Å². The fourth-order valence-electron chi connectivity index (χ4n) is 3.01. The third-order valence-electron chi connectivity index (χ3n) is 4.15. The van der Waals surface area contributed by atoms with Gasteiger partial charge in [0.25, 0.3) is 0 Å². The van der Waals surface area contributed by atoms with Gasteiger partial charge in [0.05, 0.1) is 0 Å². The second-order valence-electron chi connectivity index (χ2n) is 5.24. The van der Waals surface area contributed by atoms with Crippen molar-refractivity contribution in [3.63, 3.8) is 0 Å². The molecule has 0 bridgehead atoms. The zero-order valence-corrected chi connectivity index (χ0v) is 9.32. The third-order valence-corrected chi connectivity index (χ3v) is 4.15. The Morgan fingerprint density at radius 1 is 0.867 bits per heavy atom. The Hall–Kier alpha value is -0.410. The monoisotopic (exact) mass is 208 g/mol. The number of carbonyl (C=O) groups is 1. The highest BCUT2D eigenvalue weighted by molar-refractivity contribution is 5.81. The van der Waals surface area contributed by atoms with Crippen LogP contribution in [0.5, 0.6) is 0 Å². The van der Waals surface area contributed by atoms with Gasteiger partial charge in [-0.15, -0.1) is 0 Å². The molecule has 3 rings (SSSR count). The maximum absolute atomic E-state index is 11.2. The van der Waals surface area contributed by atoms with E-state index >= 15 is 0 Å². The Morgan fingerprint density at radius 3 is 1.93 bits per heavy atom. The standard InChI is InChI=1S/C12H20N2O/c15-12-4-3-11(9-12)14-7-5-13(6-8-14)10-1-2-10/h10-11H,1-9H2. The molecule has 1 atom stereocenters. The molecule has 0 N–H and O–H groups in total. The Kier molecular flexibility index (Phi) is 2.53. The van der Waals surface area contributed by atoms with Gasteiger partial charge >= 0.3 is 0 Å². The molecule has 1 heterocycles. The molecule has 3 aliphatic rings. The summed E-state index contributed by atoms with van der Waals surface area (Å²) in [6, 6.07) is 1.50. The predicted octanol–water partition coefficient (Wildman–Crippen LogP) is 0.888. The number of rotatable bonds is 2. The van der Waals surface area contributed by atoms with Crippen molar-refractivity contribution in [3.8, 4) is 0 Å². The molecule has 1 unspecified atom stereocenters. The molecule has 3 fully saturated rings. The van der Waals surface area contributed by atoms with E-state index in [0.29, 0.717) is 11.8 Å². The molecule has 0 aromatic heterocycles. The summed E-state index contributed by atoms with van der Waals surface area (Å²) in [5, 5.41) is 0. The molecule has 1 aliphatic heterocycles. The van der Waals surface area contributed by atoms with Crippen LogP contribution >= 0.6 is 0 Å². The quantitative estimate of drug-likeness (QED) is 0.673. The van der Waals surface area contributed by atoms with Gasteiger partial charge < -0.3 is 0 Å². The molecule has 84 valence electrons. The highest BCUT2D eigenvalue weighted by Crippen LogP contribution is 2.29. The van der Waals surface area contributed by atoms with Gasteiger partial charge in [0.15, 0.2) is 0 Å². The van der Waals surface area contributed by atoms with Crippen LogP contribution in [-0.4, -0.2) is 53.8 Å². The van der Waals surface area contributed by atoms with E-state index in [9.17, 15) is 4.79 Å². The Balaban J connectivity index is 1.50. The van der Waals surface area contributed by atoms with Gasteiger partial charge in [-0.25, -0.2) is 0 Å². The van der Waals surface area contributed by atoms with Crippen LogP contribution in [-0.2, 0) is 4.79 Å². The van der Waals surface area contributed by atoms with Gasteiger partial charge in [0.1, 0.15) is 5.78 Å². The van der Waals surface area contributed by atoms with Gasteiger partial charge in [-0.2, -0.15) is 0 Å². The molecule has 0 spiro atoms. The van der Waals surface area contributed by atoms with Crippen molar-refractivity contribution in [2.45, 2.75) is 44.2 Å². The molecule has 3 heteroatoms. The molecule has 2 saturated carbocycles. The second-order valence-corrected chi connectivity index (χ2v) is 5.24. The van der Waals surface area contributed by atoms with Gasteiger partial charge in [-0.1, -0.05) is 0 Å². The highest BCUT2D eigenvalue weighted by Gasteiger charge is 2.34. The summed E-state index contributed by atoms with van der Waals surface area (Å²) in [6.45, 7) is 4.84. The first kappa shape index (κ1) is 9.79. The maximum Gasteiger partial charge on any atom is 0.134 e. The van der Waals surface area contributed by atoms with E-state index in [0.717, 1.165) is 25.3 Å². The molecule has 0 radical (unpaired) electrons. The lowest BCUT2D eigenvalue weighted by atomic mass is 10.2. The molecule has 0 amide bonds. The number of piperazine rings is 1. The topological polar surface area (TPSA) is 23.6 Å². The number of hydrogen-bond acceptors (Lipinski definition) is 3. The summed E-state index contributed by atoms with van der Waals surface area (Å²) in [5.74, 6) is 0.477. The Morgan fingerprint density at radius 2 is 1.47 bits per heavy atom. The van der Waals surface area contributed by atoms with E-state index in [1.54, 1.807) is 0 Å². The third kappa shape index (κ3) is 2.08. The van der Waals surface area contributed by atoms with Crippen LogP contribution in [0.15, 0.2) is 0 Å². The lowest BCUT2D eigenvalue weighted by Gasteiger charge is -2.37. The Labute approximate surface area is 91.4 Å². The summed E-state index contributed by atoms with van der Waals surface area (Å²) in [6.07, 6.45) is 5.60. The zero-order chi connectivity index (χ0) is 10.3. The fourth-order valence-corrected chi connectivity index (χ4v) is 3.01. The van der Waals surface area contributed by atoms with E-state index < -0.39 is 0 Å². The lowest BCUT2D eigenvalue weighted by molar-refractivity contribution is -0.117. The maximum atomic E-state index is 11.2. The van der Waals surface area contributed by atoms with Crippen LogP contribution in [0.2, 0.25) is 0 Å². The number of hydrogen-bond donors (Lipinski definition) is 0. The van der Waals surface area contributed by atoms with Gasteiger partial charge in [-0.05, 0) is 19.3 Å². The minimum absolute atomic E-state index is 0.477. The van der Waals surface area contributed by atoms with Crippen molar-refractivity contribution in [1.82, 2.24) is 9.80 Å². The second kappa shape index (κ2) is 3.87. The van der Waals surface area contributed by atoms with Gasteiger partial charge in [-0.3, -0.25) is 14.6 Å². The lowest BCUT2D eigenvalue weighted by Crippen LogP contribution is -2.50. The molecular formula is C12H20N2O. The predicted molar refractivity (Wildman–Crippen MR) is 58.8 cm³/mol. The van der Waals surface area contributed by atoms with Crippen molar-refractivity contribution in [1.29, 1.82) is 0 Å². The van der Waals surface area contributed by atoms with Crippen LogP contribution in [0.4, 0.5) is 0 Å². The fraction of sp³-hybridized carbons (Fsp3) is 0.917. The first-order valence-electron chi connectivity index (χ1n) is 6.33. The summed E-state index contributed by atoms with van der Waals surface area (Å²) in [7, 11) is 0. The number of ketones is 1. The summed E-state index contributed by atoms with van der Waals surface area (Å²) < 4.78 is 0. The van der Waals surface area contributed by atoms with Crippen LogP contribution in [0.1, 0.15) is 32.1 Å². The van der Waals surface area contributed by atoms with Gasteiger partial charge in [0, 0.05) is 51.1 Å². The SMILES string of the molecule is O=C1CCC(N2CCN(C3CC3)CC2)C1. The van der Waals surface area contributed by atoms with E-state index in [-0.39, 0.29) is 0 Å². The highest BCUT2D eigenvalue weighted by atomic mass is 16.1. The molecule has 15 heavy (non-hydrogen) atoms. The molecule has 3 nitrogen and oxygen atoms in total. The van der Waals surface area contributed by atoms with Crippen molar-refractivity contribution < 1.29 is 4.79 Å². The number of Topliss-reactive ketones (excluding diaryl/α,β-unsaturated/α-hetero) is 1. The zero-order valence-electron chi connectivity index (χ0n) is 9.32.